The van der Waals surface area contributed by atoms with Gasteiger partial charge in [-0.1, -0.05) is 23.8 Å². The molecule has 4 rings (SSSR count). The molecular formula is C26H29F3N6O5. The van der Waals surface area contributed by atoms with Gasteiger partial charge in [0.05, 0.1) is 12.1 Å². The zero-order chi connectivity index (χ0) is 29.4. The Bertz CT molecular complexity index is 1610. The number of hydrogen-bond acceptors (Lipinski definition) is 8. The molecule has 0 amide bonds. The summed E-state index contributed by atoms with van der Waals surface area (Å²) < 4.78 is 46.1. The summed E-state index contributed by atoms with van der Waals surface area (Å²) in [5.74, 6) is -3.58. The third kappa shape index (κ3) is 5.71. The van der Waals surface area contributed by atoms with E-state index >= 15 is 0 Å². The van der Waals surface area contributed by atoms with Gasteiger partial charge in [-0.05, 0) is 38.8 Å². The largest absolute Gasteiger partial charge is 0.491 e. The summed E-state index contributed by atoms with van der Waals surface area (Å²) in [6.45, 7) is 4.40. The number of nitrogens with zero attached hydrogens (tertiary/aromatic N) is 5. The van der Waals surface area contributed by atoms with Gasteiger partial charge in [-0.3, -0.25) is 18.7 Å². The molecule has 40 heavy (non-hydrogen) atoms. The number of rotatable bonds is 7. The van der Waals surface area contributed by atoms with Crippen molar-refractivity contribution in [1.29, 1.82) is 0 Å². The maximum atomic E-state index is 13.7. The van der Waals surface area contributed by atoms with Crippen molar-refractivity contribution < 1.29 is 27.5 Å². The highest BCUT2D eigenvalue weighted by molar-refractivity contribution is 5.99. The van der Waals surface area contributed by atoms with Crippen LogP contribution in [0, 0.1) is 0 Å². The number of benzene rings is 1. The number of ketones is 1. The van der Waals surface area contributed by atoms with Crippen molar-refractivity contribution in [2.75, 3.05) is 18.0 Å². The smallest absolute Gasteiger partial charge is 0.419 e. The van der Waals surface area contributed by atoms with Crippen LogP contribution in [0.4, 0.5) is 19.1 Å². The number of nitrogens with two attached hydrogens (primary N) is 1. The van der Waals surface area contributed by atoms with Crippen LogP contribution in [0.5, 0.6) is 5.75 Å². The number of ether oxygens (including phenoxy) is 1. The third-order valence-electron chi connectivity index (χ3n) is 6.56. The van der Waals surface area contributed by atoms with E-state index < -0.39 is 47.0 Å². The molecule has 2 N–H and O–H groups in total. The maximum Gasteiger partial charge on any atom is 0.491 e. The predicted molar refractivity (Wildman–Crippen MR) is 141 cm³/mol. The van der Waals surface area contributed by atoms with Gasteiger partial charge in [-0.25, -0.2) is 9.59 Å². The number of fused-ring (bicyclic) bond motifs is 1. The number of para-hydroxylation sites is 1. The second-order valence-corrected chi connectivity index (χ2v) is 9.86. The van der Waals surface area contributed by atoms with E-state index in [1.807, 2.05) is 24.8 Å². The Hall–Kier alpha value is -4.20. The van der Waals surface area contributed by atoms with Crippen LogP contribution in [0.25, 0.3) is 11.2 Å². The molecule has 1 aromatic carbocycles. The molecule has 1 atom stereocenters. The van der Waals surface area contributed by atoms with Gasteiger partial charge in [-0.2, -0.15) is 18.2 Å². The Balaban J connectivity index is 1.82. The molecule has 0 bridgehead atoms. The number of carbonyl (C=O) groups is 2. The minimum absolute atomic E-state index is 0.0818. The molecule has 11 nitrogen and oxygen atoms in total. The molecule has 1 unspecified atom stereocenters. The van der Waals surface area contributed by atoms with Crippen molar-refractivity contribution in [3.63, 3.8) is 0 Å². The first-order valence-electron chi connectivity index (χ1n) is 12.5. The highest BCUT2D eigenvalue weighted by atomic mass is 19.4. The fourth-order valence-corrected chi connectivity index (χ4v) is 4.55. The molecule has 0 aliphatic carbocycles. The van der Waals surface area contributed by atoms with E-state index in [1.54, 1.807) is 4.57 Å². The first-order valence-corrected chi connectivity index (χ1v) is 12.5. The quantitative estimate of drug-likeness (QED) is 0.200. The molecule has 0 spiro atoms. The molecule has 1 saturated heterocycles. The van der Waals surface area contributed by atoms with Gasteiger partial charge in [-0.15, -0.1) is 0 Å². The Morgan fingerprint density at radius 1 is 1.18 bits per heavy atom. The Morgan fingerprint density at radius 2 is 1.88 bits per heavy atom. The van der Waals surface area contributed by atoms with Crippen molar-refractivity contribution in [2.45, 2.75) is 52.0 Å². The number of aromatic nitrogens is 4. The number of imidazole rings is 1. The molecule has 2 aromatic heterocycles. The van der Waals surface area contributed by atoms with Crippen molar-refractivity contribution in [1.82, 2.24) is 18.7 Å². The molecule has 1 fully saturated rings. The average Bonchev–Trinajstić information content (AvgIpc) is 3.28. The maximum absolute atomic E-state index is 13.7. The molecule has 214 valence electrons. The van der Waals surface area contributed by atoms with Gasteiger partial charge in [0.1, 0.15) is 5.75 Å². The van der Waals surface area contributed by atoms with E-state index in [4.69, 9.17) is 5.73 Å². The number of hydrogen-bond donors (Lipinski definition) is 1. The zero-order valence-electron chi connectivity index (χ0n) is 22.2. The fraction of sp³-hybridized carbons (Fsp3) is 0.423. The van der Waals surface area contributed by atoms with Gasteiger partial charge in [0.15, 0.2) is 16.9 Å². The lowest BCUT2D eigenvalue weighted by molar-refractivity contribution is -0.189. The van der Waals surface area contributed by atoms with Crippen molar-refractivity contribution in [2.24, 2.45) is 12.8 Å². The van der Waals surface area contributed by atoms with Gasteiger partial charge < -0.3 is 19.9 Å². The first-order chi connectivity index (χ1) is 18.8. The summed E-state index contributed by atoms with van der Waals surface area (Å²) in [7, 11) is 1.41. The van der Waals surface area contributed by atoms with Gasteiger partial charge >= 0.3 is 17.8 Å². The second kappa shape index (κ2) is 11.1. The molecule has 0 saturated carbocycles. The van der Waals surface area contributed by atoms with Crippen LogP contribution in [0.1, 0.15) is 37.0 Å². The fourth-order valence-electron chi connectivity index (χ4n) is 4.55. The number of aryl methyl sites for hydroxylation is 1. The van der Waals surface area contributed by atoms with Crippen LogP contribution < -0.4 is 26.6 Å². The van der Waals surface area contributed by atoms with E-state index in [9.17, 15) is 32.3 Å². The van der Waals surface area contributed by atoms with Crippen molar-refractivity contribution in [3.05, 3.63) is 62.3 Å². The monoisotopic (exact) mass is 562 g/mol. The van der Waals surface area contributed by atoms with Gasteiger partial charge in [0.25, 0.3) is 5.56 Å². The molecule has 1 aliphatic heterocycles. The van der Waals surface area contributed by atoms with Crippen LogP contribution in [0.15, 0.2) is 45.5 Å². The van der Waals surface area contributed by atoms with E-state index in [0.29, 0.717) is 23.6 Å². The second-order valence-electron chi connectivity index (χ2n) is 9.86. The Labute approximate surface area is 226 Å². The predicted octanol–water partition coefficient (Wildman–Crippen LogP) is 2.14. The lowest BCUT2D eigenvalue weighted by Crippen LogP contribution is -2.44. The number of alkyl halides is 3. The highest BCUT2D eigenvalue weighted by Gasteiger charge is 2.42. The van der Waals surface area contributed by atoms with Gasteiger partial charge in [0, 0.05) is 32.7 Å². The lowest BCUT2D eigenvalue weighted by Gasteiger charge is -2.31. The summed E-state index contributed by atoms with van der Waals surface area (Å²) in [5.41, 5.74) is 5.32. The molecule has 14 heteroatoms. The summed E-state index contributed by atoms with van der Waals surface area (Å²) >= 11 is 0. The number of anilines is 1. The van der Waals surface area contributed by atoms with E-state index in [-0.39, 0.29) is 23.8 Å². The van der Waals surface area contributed by atoms with Crippen molar-refractivity contribution in [3.8, 4) is 5.75 Å². The summed E-state index contributed by atoms with van der Waals surface area (Å²) in [6.07, 6.45) is -1.73. The molecule has 3 aromatic rings. The average molecular weight is 563 g/mol. The minimum atomic E-state index is -5.28. The number of piperidine rings is 1. The van der Waals surface area contributed by atoms with Crippen LogP contribution in [-0.2, 0) is 24.9 Å². The molecule has 1 aliphatic rings. The zero-order valence-corrected chi connectivity index (χ0v) is 22.2. The third-order valence-corrected chi connectivity index (χ3v) is 6.56. The lowest BCUT2D eigenvalue weighted by atomic mass is 10.1. The normalized spacial score (nSPS) is 15.8. The summed E-state index contributed by atoms with van der Waals surface area (Å²) in [5, 5.41) is 0. The number of allylic oxidation sites excluding steroid dienone is 2. The standard InChI is InChI=1S/C26H29F3N6O5/c1-15(2)10-12-34-20-21(31-24(34)33-11-6-7-16(30)13-33)32(3)25(39)35(22(20)37)14-18(36)17-8-4-5-9-19(17)40-23(38)26(27,28)29/h4-5,8-10,16H,6-7,11-14,30H2,1-3H3. The first kappa shape index (κ1) is 28.8. The minimum Gasteiger partial charge on any atom is -0.419 e. The van der Waals surface area contributed by atoms with E-state index in [0.717, 1.165) is 35.1 Å². The van der Waals surface area contributed by atoms with Crippen LogP contribution in [0.3, 0.4) is 0 Å². The Morgan fingerprint density at radius 3 is 2.52 bits per heavy atom. The number of Topliss-reactive ketones (excluding diaryl/α,β-unsaturated/α-hetero) is 1. The number of esters is 1. The summed E-state index contributed by atoms with van der Waals surface area (Å²) in [4.78, 5) is 58.1. The Kier molecular flexibility index (Phi) is 8.00. The number of halogens is 3. The van der Waals surface area contributed by atoms with E-state index in [1.165, 1.54) is 19.2 Å². The van der Waals surface area contributed by atoms with E-state index in [2.05, 4.69) is 9.72 Å². The molecule has 3 heterocycles. The molecule has 0 radical (unpaired) electrons. The topological polar surface area (TPSA) is 134 Å². The van der Waals surface area contributed by atoms with Crippen LogP contribution in [0.2, 0.25) is 0 Å². The van der Waals surface area contributed by atoms with Crippen LogP contribution >= 0.6 is 0 Å². The highest BCUT2D eigenvalue weighted by Crippen LogP contribution is 2.25. The molecular weight excluding hydrogens is 533 g/mol. The SMILES string of the molecule is CC(C)=CCn1c(N2CCCC(N)C2)nc2c1c(=O)n(CC(=O)c1ccccc1OC(=O)C(F)(F)F)c(=O)n2C. The summed E-state index contributed by atoms with van der Waals surface area (Å²) in [6, 6.07) is 4.71. The van der Waals surface area contributed by atoms with Crippen LogP contribution in [-0.4, -0.2) is 55.7 Å². The van der Waals surface area contributed by atoms with Crippen molar-refractivity contribution >= 4 is 28.9 Å². The number of carbonyl (C=O) groups excluding carboxylic acids is 2. The van der Waals surface area contributed by atoms with Gasteiger partial charge in [0.2, 0.25) is 5.95 Å².